The number of amides is 1. The largest absolute Gasteiger partial charge is 0.616 e. The summed E-state index contributed by atoms with van der Waals surface area (Å²) in [4.78, 5) is 16.2. The van der Waals surface area contributed by atoms with Crippen molar-refractivity contribution in [1.82, 2.24) is 15.6 Å². The van der Waals surface area contributed by atoms with E-state index in [1.807, 2.05) is 0 Å². The highest BCUT2D eigenvalue weighted by Gasteiger charge is 2.35. The summed E-state index contributed by atoms with van der Waals surface area (Å²) in [6.45, 7) is -2.72. The van der Waals surface area contributed by atoms with Crippen molar-refractivity contribution in [1.29, 1.82) is 0 Å². The molecule has 0 radical (unpaired) electrons. The number of fused-ring (bicyclic) bond motifs is 1. The van der Waals surface area contributed by atoms with E-state index in [9.17, 15) is 31.3 Å². The Kier molecular flexibility index (Phi) is 6.90. The molecule has 6 nitrogen and oxygen atoms in total. The van der Waals surface area contributed by atoms with Crippen LogP contribution in [0.1, 0.15) is 16.1 Å². The number of pyridine rings is 1. The standard InChI is InChI=1S/C17H15ClF5N3O3S/c18-12-5-13(15(27)25-6-8-7-30(28)2-1-24-8)26-14-10(12)3-9(29-16(19)20)4-11(14)17(21,22)23/h3-5,8,16,24H,1-2,6-7H2,(H,25,27). The van der Waals surface area contributed by atoms with E-state index >= 15 is 0 Å². The monoisotopic (exact) mass is 471 g/mol. The first kappa shape index (κ1) is 22.8. The molecule has 2 atom stereocenters. The van der Waals surface area contributed by atoms with Crippen molar-refractivity contribution >= 4 is 39.6 Å². The third kappa shape index (κ3) is 5.42. The van der Waals surface area contributed by atoms with Gasteiger partial charge in [0.2, 0.25) is 0 Å². The van der Waals surface area contributed by atoms with Crippen LogP contribution in [0.3, 0.4) is 0 Å². The minimum absolute atomic E-state index is 0.0925. The van der Waals surface area contributed by atoms with Crippen LogP contribution in [0.25, 0.3) is 10.9 Å². The average Bonchev–Trinajstić information content (AvgIpc) is 2.64. The third-order valence-corrected chi connectivity index (χ3v) is 6.00. The van der Waals surface area contributed by atoms with Crippen molar-refractivity contribution < 1.29 is 36.0 Å². The molecule has 164 valence electrons. The molecule has 2 unspecified atom stereocenters. The van der Waals surface area contributed by atoms with Crippen molar-refractivity contribution in [2.24, 2.45) is 0 Å². The van der Waals surface area contributed by atoms with Gasteiger partial charge in [0.25, 0.3) is 5.91 Å². The molecule has 0 saturated carbocycles. The smallest absolute Gasteiger partial charge is 0.418 e. The number of nitrogens with one attached hydrogen (secondary N) is 2. The van der Waals surface area contributed by atoms with Crippen molar-refractivity contribution in [2.75, 3.05) is 24.6 Å². The molecule has 1 amide bonds. The van der Waals surface area contributed by atoms with E-state index in [1.54, 1.807) is 0 Å². The summed E-state index contributed by atoms with van der Waals surface area (Å²) in [5.74, 6) is -0.679. The Balaban J connectivity index is 1.92. The number of alkyl halides is 5. The molecular weight excluding hydrogens is 457 g/mol. The van der Waals surface area contributed by atoms with E-state index in [0.717, 1.165) is 12.1 Å². The van der Waals surface area contributed by atoms with E-state index in [-0.39, 0.29) is 28.7 Å². The number of halogens is 6. The van der Waals surface area contributed by atoms with E-state index in [1.165, 1.54) is 0 Å². The second-order valence-corrected chi connectivity index (χ2v) is 8.43. The second-order valence-electron chi connectivity index (χ2n) is 6.40. The fourth-order valence-corrected chi connectivity index (χ4v) is 4.39. The van der Waals surface area contributed by atoms with Gasteiger partial charge in [0.15, 0.2) is 0 Å². The maximum Gasteiger partial charge on any atom is 0.418 e. The van der Waals surface area contributed by atoms with Gasteiger partial charge >= 0.3 is 12.8 Å². The topological polar surface area (TPSA) is 86.3 Å². The Hall–Kier alpha value is -1.89. The van der Waals surface area contributed by atoms with Crippen LogP contribution in [0.5, 0.6) is 5.75 Å². The van der Waals surface area contributed by atoms with E-state index in [0.29, 0.717) is 24.1 Å². The van der Waals surface area contributed by atoms with Gasteiger partial charge < -0.3 is 19.9 Å². The molecule has 13 heteroatoms. The maximum absolute atomic E-state index is 13.5. The molecule has 2 aromatic rings. The zero-order chi connectivity index (χ0) is 22.1. The number of ether oxygens (including phenoxy) is 1. The number of benzene rings is 1. The van der Waals surface area contributed by atoms with Crippen LogP contribution in [-0.4, -0.2) is 52.7 Å². The van der Waals surface area contributed by atoms with Crippen LogP contribution < -0.4 is 15.4 Å². The van der Waals surface area contributed by atoms with Crippen molar-refractivity contribution in [2.45, 2.75) is 18.8 Å². The Morgan fingerprint density at radius 3 is 2.77 bits per heavy atom. The Bertz CT molecular complexity index is 947. The number of hydrogen-bond acceptors (Lipinski definition) is 5. The highest BCUT2D eigenvalue weighted by atomic mass is 35.5. The van der Waals surface area contributed by atoms with Crippen LogP contribution in [0.15, 0.2) is 18.2 Å². The minimum Gasteiger partial charge on any atom is -0.616 e. The molecule has 2 N–H and O–H groups in total. The molecule has 1 aromatic heterocycles. The molecule has 1 aromatic carbocycles. The van der Waals surface area contributed by atoms with Gasteiger partial charge in [-0.3, -0.25) is 4.79 Å². The van der Waals surface area contributed by atoms with Crippen LogP contribution in [0, 0.1) is 0 Å². The van der Waals surface area contributed by atoms with E-state index < -0.39 is 46.7 Å². The van der Waals surface area contributed by atoms with E-state index in [2.05, 4.69) is 20.4 Å². The second kappa shape index (κ2) is 9.08. The maximum atomic E-state index is 13.5. The fraction of sp³-hybridized carbons (Fsp3) is 0.412. The quantitative estimate of drug-likeness (QED) is 0.517. The molecule has 1 fully saturated rings. The lowest BCUT2D eigenvalue weighted by Gasteiger charge is -2.25. The molecule has 3 rings (SSSR count). The summed E-state index contributed by atoms with van der Waals surface area (Å²) >= 11 is 5.01. The number of aromatic nitrogens is 1. The molecule has 0 aliphatic carbocycles. The SMILES string of the molecule is O=C(NCC1C[S+]([O-])CCN1)c1cc(Cl)c2cc(OC(F)F)cc(C(F)(F)F)c2n1. The molecule has 1 saturated heterocycles. The van der Waals surface area contributed by atoms with Crippen LogP contribution in [-0.2, 0) is 17.4 Å². The summed E-state index contributed by atoms with van der Waals surface area (Å²) in [6, 6.07) is 2.06. The minimum atomic E-state index is -4.96. The number of nitrogens with zero attached hydrogens (tertiary/aromatic N) is 1. The van der Waals surface area contributed by atoms with Gasteiger partial charge in [0.1, 0.15) is 22.9 Å². The summed E-state index contributed by atoms with van der Waals surface area (Å²) in [7, 11) is 0. The third-order valence-electron chi connectivity index (χ3n) is 4.26. The molecule has 2 heterocycles. The first-order chi connectivity index (χ1) is 14.0. The lowest BCUT2D eigenvalue weighted by atomic mass is 10.1. The molecular formula is C17H15ClF5N3O3S. The van der Waals surface area contributed by atoms with E-state index in [4.69, 9.17) is 11.6 Å². The molecule has 30 heavy (non-hydrogen) atoms. The Labute approximate surface area is 175 Å². The van der Waals surface area contributed by atoms with Gasteiger partial charge in [0, 0.05) is 18.5 Å². The lowest BCUT2D eigenvalue weighted by molar-refractivity contribution is -0.136. The number of hydrogen-bond donors (Lipinski definition) is 2. The number of rotatable bonds is 5. The predicted octanol–water partition coefficient (Wildman–Crippen LogP) is 2.96. The highest BCUT2D eigenvalue weighted by molar-refractivity contribution is 7.91. The summed E-state index contributed by atoms with van der Waals surface area (Å²) in [6.07, 6.45) is -4.96. The predicted molar refractivity (Wildman–Crippen MR) is 100 cm³/mol. The zero-order valence-electron chi connectivity index (χ0n) is 15.1. The molecule has 1 aliphatic heterocycles. The van der Waals surface area contributed by atoms with Gasteiger partial charge in [-0.15, -0.1) is 0 Å². The molecule has 1 aliphatic rings. The lowest BCUT2D eigenvalue weighted by Crippen LogP contribution is -2.50. The fourth-order valence-electron chi connectivity index (χ4n) is 2.95. The first-order valence-corrected chi connectivity index (χ1v) is 10.4. The molecule has 0 bridgehead atoms. The Morgan fingerprint density at radius 2 is 2.13 bits per heavy atom. The number of carbonyl (C=O) groups excluding carboxylic acids is 1. The zero-order valence-corrected chi connectivity index (χ0v) is 16.6. The molecule has 0 spiro atoms. The van der Waals surface area contributed by atoms with Crippen molar-refractivity contribution in [3.63, 3.8) is 0 Å². The number of carbonyl (C=O) groups is 1. The van der Waals surface area contributed by atoms with Crippen LogP contribution >= 0.6 is 11.6 Å². The van der Waals surface area contributed by atoms with Gasteiger partial charge in [-0.25, -0.2) is 4.98 Å². The van der Waals surface area contributed by atoms with Gasteiger partial charge in [-0.2, -0.15) is 22.0 Å². The van der Waals surface area contributed by atoms with Gasteiger partial charge in [-0.05, 0) is 18.2 Å². The van der Waals surface area contributed by atoms with Crippen LogP contribution in [0.2, 0.25) is 5.02 Å². The van der Waals surface area contributed by atoms with Gasteiger partial charge in [0.05, 0.1) is 22.1 Å². The summed E-state index contributed by atoms with van der Waals surface area (Å²) < 4.78 is 80.9. The Morgan fingerprint density at radius 1 is 1.40 bits per heavy atom. The highest BCUT2D eigenvalue weighted by Crippen LogP contribution is 2.39. The van der Waals surface area contributed by atoms with Gasteiger partial charge in [-0.1, -0.05) is 22.8 Å². The normalized spacial score (nSPS) is 19.9. The summed E-state index contributed by atoms with van der Waals surface area (Å²) in [5.41, 5.74) is -2.41. The summed E-state index contributed by atoms with van der Waals surface area (Å²) in [5, 5.41) is 5.01. The van der Waals surface area contributed by atoms with Crippen molar-refractivity contribution in [3.8, 4) is 5.75 Å². The van der Waals surface area contributed by atoms with Crippen molar-refractivity contribution in [3.05, 3.63) is 34.5 Å². The first-order valence-electron chi connectivity index (χ1n) is 8.57. The van der Waals surface area contributed by atoms with Crippen LogP contribution in [0.4, 0.5) is 22.0 Å². The average molecular weight is 472 g/mol.